The van der Waals surface area contributed by atoms with Gasteiger partial charge < -0.3 is 15.0 Å². The number of nitrogen functional groups attached to an aromatic ring is 1. The van der Waals surface area contributed by atoms with Gasteiger partial charge >= 0.3 is 5.95 Å². The van der Waals surface area contributed by atoms with Crippen molar-refractivity contribution >= 4 is 33.9 Å². The summed E-state index contributed by atoms with van der Waals surface area (Å²) in [5.41, 5.74) is 9.67. The van der Waals surface area contributed by atoms with E-state index in [-0.39, 0.29) is 11.4 Å². The van der Waals surface area contributed by atoms with E-state index in [1.807, 2.05) is 25.2 Å². The first-order valence-electron chi connectivity index (χ1n) is 8.61. The van der Waals surface area contributed by atoms with Gasteiger partial charge in [0.15, 0.2) is 11.4 Å². The molecular weight excluding hydrogens is 356 g/mol. The number of methoxy groups -OCH3 is 1. The Morgan fingerprint density at radius 1 is 1.25 bits per heavy atom. The minimum absolute atomic E-state index is 0.133. The number of nitrogens with one attached hydrogen (secondary N) is 2. The van der Waals surface area contributed by atoms with Gasteiger partial charge in [-0.1, -0.05) is 23.2 Å². The lowest BCUT2D eigenvalue weighted by atomic mass is 10.1. The highest BCUT2D eigenvalue weighted by molar-refractivity contribution is 5.95. The van der Waals surface area contributed by atoms with E-state index < -0.39 is 0 Å². The van der Waals surface area contributed by atoms with Crippen LogP contribution in [0.5, 0.6) is 5.75 Å². The van der Waals surface area contributed by atoms with Gasteiger partial charge in [-0.25, -0.2) is 10.3 Å². The van der Waals surface area contributed by atoms with E-state index in [4.69, 9.17) is 10.5 Å². The molecule has 4 rings (SSSR count). The van der Waals surface area contributed by atoms with Crippen LogP contribution in [0.15, 0.2) is 60.0 Å². The predicted molar refractivity (Wildman–Crippen MR) is 109 cm³/mol. The van der Waals surface area contributed by atoms with Gasteiger partial charge in [-0.05, 0) is 11.2 Å². The van der Waals surface area contributed by atoms with Crippen LogP contribution in [0.4, 0.5) is 23.0 Å². The summed E-state index contributed by atoms with van der Waals surface area (Å²) in [5, 5.41) is 7.20. The summed E-state index contributed by atoms with van der Waals surface area (Å²) in [4.78, 5) is 18.7. The Hall–Kier alpha value is -3.94. The molecule has 0 aliphatic carbocycles. The Morgan fingerprint density at radius 2 is 2.07 bits per heavy atom. The monoisotopic (exact) mass is 375 g/mol. The second-order valence-electron chi connectivity index (χ2n) is 6.32. The summed E-state index contributed by atoms with van der Waals surface area (Å²) in [6.07, 6.45) is 3.85. The van der Waals surface area contributed by atoms with E-state index in [2.05, 4.69) is 43.4 Å². The van der Waals surface area contributed by atoms with Crippen molar-refractivity contribution in [3.8, 4) is 17.0 Å². The quantitative estimate of drug-likeness (QED) is 0.407. The smallest absolute Gasteiger partial charge is 0.394 e. The number of para-hydroxylation sites is 1. The van der Waals surface area contributed by atoms with E-state index >= 15 is 0 Å². The van der Waals surface area contributed by atoms with Crippen molar-refractivity contribution in [3.63, 3.8) is 0 Å². The number of aryl methyl sites for hydroxylation is 1. The van der Waals surface area contributed by atoms with Crippen molar-refractivity contribution in [2.45, 2.75) is 0 Å². The molecule has 8 heteroatoms. The molecule has 0 aliphatic rings. The van der Waals surface area contributed by atoms with Gasteiger partial charge in [0.2, 0.25) is 0 Å². The molecule has 0 unspecified atom stereocenters. The largest absolute Gasteiger partial charge is 0.493 e. The molecule has 4 aromatic rings. The lowest BCUT2D eigenvalue weighted by molar-refractivity contribution is -0.364. The van der Waals surface area contributed by atoms with Gasteiger partial charge in [-0.2, -0.15) is 0 Å². The summed E-state index contributed by atoms with van der Waals surface area (Å²) in [6.45, 7) is 0. The molecule has 0 amide bonds. The van der Waals surface area contributed by atoms with Crippen LogP contribution in [0.3, 0.4) is 0 Å². The molecule has 0 bridgehead atoms. The molecule has 0 atom stereocenters. The molecule has 0 radical (unpaired) electrons. The summed E-state index contributed by atoms with van der Waals surface area (Å²) < 4.78 is 7.41. The number of nitroso groups, excluding NO2 is 1. The normalized spacial score (nSPS) is 10.8. The van der Waals surface area contributed by atoms with Gasteiger partial charge in [-0.15, -0.1) is 4.91 Å². The van der Waals surface area contributed by atoms with Crippen molar-refractivity contribution in [2.75, 3.05) is 18.2 Å². The van der Waals surface area contributed by atoms with Crippen LogP contribution < -0.4 is 20.8 Å². The molecule has 0 saturated carbocycles. The molecule has 8 nitrogen and oxygen atoms in total. The molecule has 0 spiro atoms. The summed E-state index contributed by atoms with van der Waals surface area (Å²) in [5.74, 6) is 0.973. The number of nitrogens with zero attached hydrogens (tertiary/aromatic N) is 3. The fraction of sp³-hybridized carbons (Fsp3) is 0.100. The van der Waals surface area contributed by atoms with Crippen LogP contribution in [-0.4, -0.2) is 16.7 Å². The molecule has 0 fully saturated rings. The third-order valence-corrected chi connectivity index (χ3v) is 4.57. The number of rotatable bonds is 5. The Morgan fingerprint density at radius 3 is 2.86 bits per heavy atom. The van der Waals surface area contributed by atoms with E-state index in [0.29, 0.717) is 17.4 Å². The number of aromatic nitrogens is 3. The van der Waals surface area contributed by atoms with E-state index in [1.54, 1.807) is 12.3 Å². The fourth-order valence-corrected chi connectivity index (χ4v) is 3.21. The van der Waals surface area contributed by atoms with E-state index in [0.717, 1.165) is 22.2 Å². The van der Waals surface area contributed by atoms with Crippen molar-refractivity contribution < 1.29 is 9.72 Å². The van der Waals surface area contributed by atoms with Gasteiger partial charge in [-0.3, -0.25) is 0 Å². The Bertz CT molecular complexity index is 1180. The number of fused-ring (bicyclic) bond motifs is 1. The van der Waals surface area contributed by atoms with Crippen LogP contribution in [0, 0.1) is 4.91 Å². The number of H-pyrrole nitrogens is 1. The van der Waals surface area contributed by atoms with Crippen LogP contribution in [-0.2, 0) is 7.05 Å². The average Bonchev–Trinajstić information content (AvgIpc) is 3.06. The first-order valence-corrected chi connectivity index (χ1v) is 8.61. The van der Waals surface area contributed by atoms with Crippen LogP contribution in [0.2, 0.25) is 0 Å². The zero-order valence-corrected chi connectivity index (χ0v) is 15.4. The first-order chi connectivity index (χ1) is 13.6. The molecular formula is C20H19N6O2+. The fourth-order valence-electron chi connectivity index (χ4n) is 3.21. The zero-order chi connectivity index (χ0) is 19.7. The molecule has 0 saturated heterocycles. The standard InChI is InChI=1S/C20H18N6O2/c1-26-11-13(12-5-3-4-6-18(12)26)15-7-8-22-20(23-15)24-17-10-16(25-27)14(21)9-19(17)28-2/h3-11H,21H2,1-2H3,(H,22,23,24)/p+1. The van der Waals surface area contributed by atoms with Crippen LogP contribution in [0.25, 0.3) is 22.2 Å². The third-order valence-electron chi connectivity index (χ3n) is 4.57. The number of ether oxygens (including phenoxy) is 1. The number of benzene rings is 2. The van der Waals surface area contributed by atoms with E-state index in [9.17, 15) is 4.91 Å². The molecule has 140 valence electrons. The van der Waals surface area contributed by atoms with Gasteiger partial charge in [0, 0.05) is 47.9 Å². The maximum absolute atomic E-state index is 11.0. The SMILES string of the molecule is COc1cc(N)c(N=O)cc1Nc1nc(-c2cn(C)c3ccccc23)cc[nH+]1. The average molecular weight is 375 g/mol. The molecule has 28 heavy (non-hydrogen) atoms. The maximum atomic E-state index is 11.0. The van der Waals surface area contributed by atoms with Gasteiger partial charge in [0.25, 0.3) is 0 Å². The number of nitrogens with two attached hydrogens (primary N) is 1. The first kappa shape index (κ1) is 17.5. The molecule has 2 aromatic heterocycles. The lowest BCUT2D eigenvalue weighted by Gasteiger charge is -2.08. The highest BCUT2D eigenvalue weighted by Gasteiger charge is 2.18. The number of anilines is 3. The topological polar surface area (TPSA) is 109 Å². The van der Waals surface area contributed by atoms with Crippen molar-refractivity contribution in [1.29, 1.82) is 0 Å². The Kier molecular flexibility index (Phi) is 4.36. The lowest BCUT2D eigenvalue weighted by Crippen LogP contribution is -2.12. The summed E-state index contributed by atoms with van der Waals surface area (Å²) in [6, 6.07) is 13.1. The highest BCUT2D eigenvalue weighted by atomic mass is 16.5. The molecule has 2 heterocycles. The second-order valence-corrected chi connectivity index (χ2v) is 6.32. The van der Waals surface area contributed by atoms with Gasteiger partial charge in [0.05, 0.1) is 19.0 Å². The molecule has 4 N–H and O–H groups in total. The maximum Gasteiger partial charge on any atom is 0.394 e. The van der Waals surface area contributed by atoms with E-state index in [1.165, 1.54) is 13.2 Å². The highest BCUT2D eigenvalue weighted by Crippen LogP contribution is 2.36. The third kappa shape index (κ3) is 3.01. The Balaban J connectivity index is 1.75. The summed E-state index contributed by atoms with van der Waals surface area (Å²) >= 11 is 0. The number of aromatic amines is 1. The van der Waals surface area contributed by atoms with Crippen LogP contribution >= 0.6 is 0 Å². The summed E-state index contributed by atoms with van der Waals surface area (Å²) in [7, 11) is 3.53. The number of hydrogen-bond donors (Lipinski definition) is 2. The number of hydrogen-bond acceptors (Lipinski definition) is 6. The van der Waals surface area contributed by atoms with Gasteiger partial charge in [0.1, 0.15) is 11.4 Å². The second kappa shape index (κ2) is 6.99. The van der Waals surface area contributed by atoms with Crippen molar-refractivity contribution in [2.24, 2.45) is 12.2 Å². The minimum atomic E-state index is 0.133. The molecule has 2 aromatic carbocycles. The van der Waals surface area contributed by atoms with Crippen molar-refractivity contribution in [1.82, 2.24) is 9.55 Å². The van der Waals surface area contributed by atoms with Crippen molar-refractivity contribution in [3.05, 3.63) is 59.8 Å². The predicted octanol–water partition coefficient (Wildman–Crippen LogP) is 3.79. The minimum Gasteiger partial charge on any atom is -0.493 e. The molecule has 0 aliphatic heterocycles. The zero-order valence-electron chi connectivity index (χ0n) is 15.4. The Labute approximate surface area is 161 Å². The van der Waals surface area contributed by atoms with Crippen LogP contribution in [0.1, 0.15) is 0 Å².